The van der Waals surface area contributed by atoms with Crippen molar-refractivity contribution in [2.24, 2.45) is 11.8 Å². The van der Waals surface area contributed by atoms with Crippen LogP contribution in [0.1, 0.15) is 6.42 Å². The summed E-state index contributed by atoms with van der Waals surface area (Å²) >= 11 is 0. The number of amides is 1. The Morgan fingerprint density at radius 1 is 1.14 bits per heavy atom. The van der Waals surface area contributed by atoms with Gasteiger partial charge in [0.05, 0.1) is 18.8 Å². The van der Waals surface area contributed by atoms with E-state index in [1.807, 2.05) is 18.2 Å². The third-order valence-electron chi connectivity index (χ3n) is 6.74. The highest BCUT2D eigenvalue weighted by atomic mass is 19.3. The lowest BCUT2D eigenvalue weighted by atomic mass is 10.1. The van der Waals surface area contributed by atoms with Crippen LogP contribution in [0, 0.1) is 11.8 Å². The molecule has 0 bridgehead atoms. The van der Waals surface area contributed by atoms with E-state index < -0.39 is 24.2 Å². The van der Waals surface area contributed by atoms with Crippen LogP contribution in [0.3, 0.4) is 0 Å². The molecule has 2 aliphatic rings. The SMILES string of the molecule is CNc1ncc(-c2nc3cc(N4CCOCC4)ccc3o2)c2cc(NC(=O)[C@H]3C[C@H]3C(F)F)ncc12. The number of carbonyl (C=O) groups is 1. The number of pyridine rings is 2. The van der Waals surface area contributed by atoms with Gasteiger partial charge in [-0.1, -0.05) is 0 Å². The van der Waals surface area contributed by atoms with Crippen molar-refractivity contribution in [3.05, 3.63) is 36.7 Å². The van der Waals surface area contributed by atoms with Crippen molar-refractivity contribution in [3.8, 4) is 11.5 Å². The average molecular weight is 495 g/mol. The van der Waals surface area contributed by atoms with E-state index in [1.165, 1.54) is 0 Å². The number of hydrogen-bond acceptors (Lipinski definition) is 8. The molecular weight excluding hydrogens is 470 g/mol. The molecule has 2 N–H and O–H groups in total. The van der Waals surface area contributed by atoms with E-state index in [4.69, 9.17) is 14.1 Å². The van der Waals surface area contributed by atoms with Gasteiger partial charge >= 0.3 is 0 Å². The van der Waals surface area contributed by atoms with Gasteiger partial charge in [0.2, 0.25) is 18.2 Å². The van der Waals surface area contributed by atoms with Gasteiger partial charge in [0.1, 0.15) is 17.2 Å². The predicted molar refractivity (Wildman–Crippen MR) is 131 cm³/mol. The van der Waals surface area contributed by atoms with Crippen molar-refractivity contribution in [3.63, 3.8) is 0 Å². The van der Waals surface area contributed by atoms with Crippen molar-refractivity contribution in [2.75, 3.05) is 48.9 Å². The lowest BCUT2D eigenvalue weighted by Gasteiger charge is -2.28. The number of benzene rings is 1. The topological polar surface area (TPSA) is 105 Å². The summed E-state index contributed by atoms with van der Waals surface area (Å²) in [5, 5.41) is 7.13. The molecule has 1 amide bonds. The predicted octanol–water partition coefficient (Wildman–Crippen LogP) is 4.16. The summed E-state index contributed by atoms with van der Waals surface area (Å²) in [6.07, 6.45) is 0.931. The number of fused-ring (bicyclic) bond motifs is 2. The Bertz CT molecular complexity index is 1450. The van der Waals surface area contributed by atoms with Crippen LogP contribution >= 0.6 is 0 Å². The van der Waals surface area contributed by atoms with Crippen LogP contribution in [0.4, 0.5) is 26.1 Å². The highest BCUT2D eigenvalue weighted by molar-refractivity contribution is 6.03. The van der Waals surface area contributed by atoms with Crippen LogP contribution in [0.25, 0.3) is 33.3 Å². The fourth-order valence-electron chi connectivity index (χ4n) is 4.64. The van der Waals surface area contributed by atoms with Gasteiger partial charge in [-0.2, -0.15) is 0 Å². The van der Waals surface area contributed by atoms with E-state index >= 15 is 0 Å². The highest BCUT2D eigenvalue weighted by Crippen LogP contribution is 2.44. The number of nitrogens with one attached hydrogen (secondary N) is 2. The number of alkyl halides is 2. The molecule has 1 saturated heterocycles. The Morgan fingerprint density at radius 3 is 2.72 bits per heavy atom. The van der Waals surface area contributed by atoms with Gasteiger partial charge < -0.3 is 24.7 Å². The Kier molecular flexibility index (Phi) is 5.63. The monoisotopic (exact) mass is 494 g/mol. The van der Waals surface area contributed by atoms with Crippen molar-refractivity contribution >= 4 is 45.1 Å². The number of anilines is 3. The molecule has 1 aliphatic carbocycles. The van der Waals surface area contributed by atoms with E-state index in [1.54, 1.807) is 25.5 Å². The van der Waals surface area contributed by atoms with Gasteiger partial charge in [0.25, 0.3) is 0 Å². The Labute approximate surface area is 204 Å². The van der Waals surface area contributed by atoms with Crippen LogP contribution in [-0.4, -0.2) is 60.6 Å². The van der Waals surface area contributed by atoms with Crippen LogP contribution in [-0.2, 0) is 9.53 Å². The summed E-state index contributed by atoms with van der Waals surface area (Å²) in [5.74, 6) is -0.771. The molecule has 186 valence electrons. The van der Waals surface area contributed by atoms with Crippen molar-refractivity contribution in [2.45, 2.75) is 12.8 Å². The van der Waals surface area contributed by atoms with E-state index in [0.29, 0.717) is 52.4 Å². The fourth-order valence-corrected chi connectivity index (χ4v) is 4.64. The van der Waals surface area contributed by atoms with E-state index in [2.05, 4.69) is 25.5 Å². The van der Waals surface area contributed by atoms with E-state index in [-0.39, 0.29) is 12.2 Å². The minimum atomic E-state index is -2.50. The molecule has 3 aromatic heterocycles. The van der Waals surface area contributed by atoms with Gasteiger partial charge in [-0.05, 0) is 30.7 Å². The molecule has 0 radical (unpaired) electrons. The zero-order valence-electron chi connectivity index (χ0n) is 19.5. The molecule has 2 fully saturated rings. The summed E-state index contributed by atoms with van der Waals surface area (Å²) in [7, 11) is 1.75. The van der Waals surface area contributed by atoms with Gasteiger partial charge in [0.15, 0.2) is 5.58 Å². The number of nitrogens with zero attached hydrogens (tertiary/aromatic N) is 4. The molecule has 6 rings (SSSR count). The largest absolute Gasteiger partial charge is 0.436 e. The molecular formula is C25H24F2N6O3. The standard InChI is InChI=1S/C25H24F2N6O3/c1-28-23-17-11-29-21(32-24(34)16-9-15(16)22(26)27)10-14(17)18(12-30-23)25-31-19-8-13(2-3-20(19)36-25)33-4-6-35-7-5-33/h2-3,8,10-12,15-16,22H,4-7,9H2,1H3,(H,28,30)(H,29,32,34)/t15-,16+/m1/s1. The molecule has 2 atom stereocenters. The Morgan fingerprint density at radius 2 is 1.97 bits per heavy atom. The normalized spacial score (nSPS) is 19.7. The number of ether oxygens (including phenoxy) is 1. The second kappa shape index (κ2) is 8.98. The molecule has 0 spiro atoms. The van der Waals surface area contributed by atoms with Crippen LogP contribution in [0.2, 0.25) is 0 Å². The smallest absolute Gasteiger partial charge is 0.242 e. The lowest BCUT2D eigenvalue weighted by molar-refractivity contribution is -0.118. The van der Waals surface area contributed by atoms with Crippen LogP contribution in [0.15, 0.2) is 41.1 Å². The second-order valence-electron chi connectivity index (χ2n) is 8.99. The summed E-state index contributed by atoms with van der Waals surface area (Å²) in [5.41, 5.74) is 3.04. The fraction of sp³-hybridized carbons (Fsp3) is 0.360. The number of morpholine rings is 1. The number of hydrogen-bond donors (Lipinski definition) is 2. The van der Waals surface area contributed by atoms with Crippen molar-refractivity contribution < 1.29 is 22.7 Å². The first kappa shape index (κ1) is 22.6. The Balaban J connectivity index is 1.36. The number of carbonyl (C=O) groups excluding carboxylic acids is 1. The second-order valence-corrected chi connectivity index (χ2v) is 8.99. The first-order valence-corrected chi connectivity index (χ1v) is 11.8. The molecule has 9 nitrogen and oxygen atoms in total. The molecule has 1 aliphatic heterocycles. The van der Waals surface area contributed by atoms with Crippen LogP contribution in [0.5, 0.6) is 0 Å². The van der Waals surface area contributed by atoms with Crippen molar-refractivity contribution in [1.82, 2.24) is 15.0 Å². The zero-order chi connectivity index (χ0) is 24.8. The highest BCUT2D eigenvalue weighted by Gasteiger charge is 2.48. The van der Waals surface area contributed by atoms with Gasteiger partial charge in [-0.25, -0.2) is 23.7 Å². The number of halogens is 2. The Hall–Kier alpha value is -3.86. The third-order valence-corrected chi connectivity index (χ3v) is 6.74. The molecule has 4 aromatic rings. The zero-order valence-corrected chi connectivity index (χ0v) is 19.5. The molecule has 11 heteroatoms. The van der Waals surface area contributed by atoms with Gasteiger partial charge in [0, 0.05) is 60.8 Å². The third kappa shape index (κ3) is 4.09. The summed E-state index contributed by atoms with van der Waals surface area (Å²) in [6.45, 7) is 3.01. The average Bonchev–Trinajstić information content (AvgIpc) is 3.61. The first-order valence-electron chi connectivity index (χ1n) is 11.8. The maximum atomic E-state index is 12.9. The molecule has 4 heterocycles. The molecule has 1 saturated carbocycles. The molecule has 0 unspecified atom stereocenters. The maximum Gasteiger partial charge on any atom is 0.242 e. The molecule has 1 aromatic carbocycles. The number of rotatable bonds is 6. The maximum absolute atomic E-state index is 12.9. The first-order chi connectivity index (χ1) is 17.5. The quantitative estimate of drug-likeness (QED) is 0.412. The lowest BCUT2D eigenvalue weighted by Crippen LogP contribution is -2.36. The molecule has 36 heavy (non-hydrogen) atoms. The number of oxazole rings is 1. The summed E-state index contributed by atoms with van der Waals surface area (Å²) in [4.78, 5) is 28.2. The van der Waals surface area contributed by atoms with Crippen molar-refractivity contribution in [1.29, 1.82) is 0 Å². The summed E-state index contributed by atoms with van der Waals surface area (Å²) in [6, 6.07) is 7.59. The minimum Gasteiger partial charge on any atom is -0.436 e. The number of aromatic nitrogens is 3. The van der Waals surface area contributed by atoms with E-state index in [9.17, 15) is 13.6 Å². The minimum absolute atomic E-state index is 0.186. The van der Waals surface area contributed by atoms with Gasteiger partial charge in [-0.3, -0.25) is 4.79 Å². The van der Waals surface area contributed by atoms with E-state index in [0.717, 1.165) is 18.8 Å². The van der Waals surface area contributed by atoms with Crippen LogP contribution < -0.4 is 15.5 Å². The summed E-state index contributed by atoms with van der Waals surface area (Å²) < 4.78 is 37.3. The van der Waals surface area contributed by atoms with Gasteiger partial charge in [-0.15, -0.1) is 0 Å².